The van der Waals surface area contributed by atoms with Crippen LogP contribution in [0, 0.1) is 5.92 Å². The largest absolute Gasteiger partial charge is 0.474 e. The van der Waals surface area contributed by atoms with Gasteiger partial charge >= 0.3 is 0 Å². The fourth-order valence-electron chi connectivity index (χ4n) is 6.81. The molecule has 220 valence electrons. The van der Waals surface area contributed by atoms with Crippen LogP contribution in [0.4, 0.5) is 8.78 Å². The standard InChI is InChI=1S/C32H41F2N5O2/c1-38-21-25-18-23(4-8-29(25)37-38)19-30(40)35-26-6-2-22(3-7-26)11-15-39-16-12-24-5-9-31(36-28(24)13-17-39)41-27-10-14-32(33,34)20-27/h4-5,8-9,18,21-22,26-27H,2-3,6-7,10-17,19-20H2,1H3,(H,35,40). The van der Waals surface area contributed by atoms with Crippen molar-refractivity contribution in [3.63, 3.8) is 0 Å². The number of alkyl halides is 2. The molecule has 3 aromatic rings. The van der Waals surface area contributed by atoms with Gasteiger partial charge in [-0.2, -0.15) is 5.10 Å². The number of aryl methyl sites for hydroxylation is 1. The first kappa shape index (κ1) is 28.1. The summed E-state index contributed by atoms with van der Waals surface area (Å²) in [7, 11) is 1.91. The van der Waals surface area contributed by atoms with Gasteiger partial charge in [-0.1, -0.05) is 12.1 Å². The van der Waals surface area contributed by atoms with Crippen molar-refractivity contribution in [2.24, 2.45) is 13.0 Å². The number of fused-ring (bicyclic) bond motifs is 2. The number of rotatable bonds is 8. The Morgan fingerprint density at radius 2 is 1.93 bits per heavy atom. The molecule has 3 aliphatic rings. The van der Waals surface area contributed by atoms with Gasteiger partial charge in [0.15, 0.2) is 0 Å². The van der Waals surface area contributed by atoms with Gasteiger partial charge in [-0.05, 0) is 80.7 Å². The first-order valence-electron chi connectivity index (χ1n) is 15.3. The maximum Gasteiger partial charge on any atom is 0.251 e. The third kappa shape index (κ3) is 7.23. The molecule has 3 heterocycles. The molecule has 0 radical (unpaired) electrons. The summed E-state index contributed by atoms with van der Waals surface area (Å²) in [5.41, 5.74) is 4.26. The second-order valence-electron chi connectivity index (χ2n) is 12.4. The van der Waals surface area contributed by atoms with Crippen LogP contribution in [0.2, 0.25) is 0 Å². The molecule has 41 heavy (non-hydrogen) atoms. The predicted molar refractivity (Wildman–Crippen MR) is 154 cm³/mol. The Balaban J connectivity index is 0.908. The second-order valence-corrected chi connectivity index (χ2v) is 12.4. The highest BCUT2D eigenvalue weighted by molar-refractivity contribution is 5.83. The lowest BCUT2D eigenvalue weighted by Crippen LogP contribution is -2.39. The SMILES string of the molecule is Cn1cc2cc(CC(=O)NC3CCC(CCN4CCc5ccc(OC6CCC(F)(F)C6)nc5CC4)CC3)ccc2n1. The van der Waals surface area contributed by atoms with Gasteiger partial charge in [0.25, 0.3) is 5.92 Å². The van der Waals surface area contributed by atoms with Crippen LogP contribution >= 0.6 is 0 Å². The lowest BCUT2D eigenvalue weighted by Gasteiger charge is -2.30. The van der Waals surface area contributed by atoms with Crippen molar-refractivity contribution in [2.45, 2.75) is 88.7 Å². The zero-order valence-corrected chi connectivity index (χ0v) is 24.0. The Hall–Kier alpha value is -3.07. The Kier molecular flexibility index (Phi) is 8.24. The van der Waals surface area contributed by atoms with Gasteiger partial charge in [0, 0.05) is 68.8 Å². The molecule has 2 saturated carbocycles. The Labute approximate surface area is 240 Å². The minimum absolute atomic E-state index is 0.0990. The highest BCUT2D eigenvalue weighted by Gasteiger charge is 2.40. The van der Waals surface area contributed by atoms with E-state index in [4.69, 9.17) is 9.72 Å². The van der Waals surface area contributed by atoms with Crippen molar-refractivity contribution in [2.75, 3.05) is 19.6 Å². The van der Waals surface area contributed by atoms with Crippen molar-refractivity contribution in [3.8, 4) is 5.88 Å². The molecule has 6 rings (SSSR count). The zero-order chi connectivity index (χ0) is 28.4. The van der Waals surface area contributed by atoms with Gasteiger partial charge < -0.3 is 15.0 Å². The van der Waals surface area contributed by atoms with Gasteiger partial charge in [-0.15, -0.1) is 0 Å². The molecule has 2 aromatic heterocycles. The molecule has 0 saturated heterocycles. The number of halogens is 2. The van der Waals surface area contributed by atoms with Crippen molar-refractivity contribution >= 4 is 16.8 Å². The van der Waals surface area contributed by atoms with Crippen LogP contribution in [0.5, 0.6) is 5.88 Å². The normalized spacial score (nSPS) is 24.6. The van der Waals surface area contributed by atoms with E-state index in [1.165, 1.54) is 12.0 Å². The molecular weight excluding hydrogens is 524 g/mol. The molecule has 9 heteroatoms. The fourth-order valence-corrected chi connectivity index (χ4v) is 6.81. The monoisotopic (exact) mass is 565 g/mol. The van der Waals surface area contributed by atoms with E-state index in [2.05, 4.69) is 27.4 Å². The summed E-state index contributed by atoms with van der Waals surface area (Å²) in [5, 5.41) is 8.74. The lowest BCUT2D eigenvalue weighted by molar-refractivity contribution is -0.121. The summed E-state index contributed by atoms with van der Waals surface area (Å²) in [6, 6.07) is 10.2. The summed E-state index contributed by atoms with van der Waals surface area (Å²) in [5.74, 6) is -1.33. The molecular formula is C32H41F2N5O2. The molecule has 7 nitrogen and oxygen atoms in total. The molecule has 1 aromatic carbocycles. The van der Waals surface area contributed by atoms with Gasteiger partial charge in [-0.25, -0.2) is 13.8 Å². The van der Waals surface area contributed by atoms with E-state index in [9.17, 15) is 13.6 Å². The van der Waals surface area contributed by atoms with Crippen LogP contribution in [0.1, 0.15) is 68.2 Å². The quantitative estimate of drug-likeness (QED) is 0.404. The maximum absolute atomic E-state index is 13.5. The van der Waals surface area contributed by atoms with Crippen LogP contribution in [0.3, 0.4) is 0 Å². The van der Waals surface area contributed by atoms with Crippen LogP contribution in [-0.2, 0) is 31.1 Å². The molecule has 0 spiro atoms. The average molecular weight is 566 g/mol. The average Bonchev–Trinajstić information content (AvgIpc) is 3.41. The lowest BCUT2D eigenvalue weighted by atomic mass is 9.84. The van der Waals surface area contributed by atoms with Crippen molar-refractivity contribution < 1.29 is 18.3 Å². The van der Waals surface area contributed by atoms with Gasteiger partial charge in [0.1, 0.15) is 6.10 Å². The maximum atomic E-state index is 13.5. The van der Waals surface area contributed by atoms with E-state index >= 15 is 0 Å². The highest BCUT2D eigenvalue weighted by atomic mass is 19.3. The van der Waals surface area contributed by atoms with E-state index in [-0.39, 0.29) is 24.8 Å². The Bertz CT molecular complexity index is 1370. The predicted octanol–water partition coefficient (Wildman–Crippen LogP) is 5.24. The minimum Gasteiger partial charge on any atom is -0.474 e. The van der Waals surface area contributed by atoms with Gasteiger partial charge in [-0.3, -0.25) is 9.48 Å². The summed E-state index contributed by atoms with van der Waals surface area (Å²) in [6.07, 6.45) is 9.42. The molecule has 1 atom stereocenters. The summed E-state index contributed by atoms with van der Waals surface area (Å²) < 4.78 is 34.7. The number of amides is 1. The molecule has 0 bridgehead atoms. The van der Waals surface area contributed by atoms with Crippen molar-refractivity contribution in [1.82, 2.24) is 25.0 Å². The number of nitrogens with zero attached hydrogens (tertiary/aromatic N) is 4. The molecule has 1 amide bonds. The number of benzene rings is 1. The van der Waals surface area contributed by atoms with Crippen molar-refractivity contribution in [1.29, 1.82) is 0 Å². The number of carbonyl (C=O) groups is 1. The second kappa shape index (κ2) is 12.0. The Morgan fingerprint density at radius 1 is 1.10 bits per heavy atom. The number of aromatic nitrogens is 3. The fraction of sp³-hybridized carbons (Fsp3) is 0.594. The van der Waals surface area contributed by atoms with Crippen molar-refractivity contribution in [3.05, 3.63) is 53.3 Å². The van der Waals surface area contributed by atoms with Gasteiger partial charge in [0.05, 0.1) is 11.9 Å². The molecule has 2 aliphatic carbocycles. The summed E-state index contributed by atoms with van der Waals surface area (Å²) >= 11 is 0. The molecule has 1 aliphatic heterocycles. The van der Waals surface area contributed by atoms with E-state index in [1.807, 2.05) is 31.4 Å². The van der Waals surface area contributed by atoms with E-state index in [1.54, 1.807) is 4.68 Å². The minimum atomic E-state index is -2.61. The van der Waals surface area contributed by atoms with Crippen LogP contribution in [0.15, 0.2) is 36.5 Å². The molecule has 2 fully saturated rings. The topological polar surface area (TPSA) is 72.3 Å². The summed E-state index contributed by atoms with van der Waals surface area (Å²) in [4.78, 5) is 20.0. The zero-order valence-electron chi connectivity index (χ0n) is 24.0. The van der Waals surface area contributed by atoms with Crippen LogP contribution < -0.4 is 10.1 Å². The van der Waals surface area contributed by atoms with E-state index < -0.39 is 12.0 Å². The van der Waals surface area contributed by atoms with Crippen LogP contribution in [0.25, 0.3) is 10.9 Å². The first-order valence-corrected chi connectivity index (χ1v) is 15.3. The third-order valence-corrected chi connectivity index (χ3v) is 9.16. The van der Waals surface area contributed by atoms with E-state index in [0.717, 1.165) is 80.3 Å². The number of pyridine rings is 1. The van der Waals surface area contributed by atoms with E-state index in [0.29, 0.717) is 24.6 Å². The number of carbonyl (C=O) groups excluding carboxylic acids is 1. The smallest absolute Gasteiger partial charge is 0.251 e. The number of ether oxygens (including phenoxy) is 1. The van der Waals surface area contributed by atoms with Gasteiger partial charge in [0.2, 0.25) is 11.8 Å². The molecule has 1 unspecified atom stereocenters. The highest BCUT2D eigenvalue weighted by Crippen LogP contribution is 2.37. The van der Waals surface area contributed by atoms with Crippen LogP contribution in [-0.4, -0.2) is 63.3 Å². The number of hydrogen-bond acceptors (Lipinski definition) is 5. The summed E-state index contributed by atoms with van der Waals surface area (Å²) in [6.45, 7) is 3.05. The number of nitrogens with one attached hydrogen (secondary N) is 1. The number of hydrogen-bond donors (Lipinski definition) is 1. The first-order chi connectivity index (χ1) is 19.8. The Morgan fingerprint density at radius 3 is 2.73 bits per heavy atom. The molecule has 1 N–H and O–H groups in total. The third-order valence-electron chi connectivity index (χ3n) is 9.16.